The molecule has 0 unspecified atom stereocenters. The fraction of sp³-hybridized carbons (Fsp3) is 0.333. The number of aromatic nitrogens is 2. The molecule has 162 valence electrons. The van der Waals surface area contributed by atoms with Crippen LogP contribution in [0.1, 0.15) is 5.56 Å². The van der Waals surface area contributed by atoms with Crippen molar-refractivity contribution in [3.63, 3.8) is 0 Å². The molecule has 0 radical (unpaired) electrons. The van der Waals surface area contributed by atoms with Gasteiger partial charge in [0, 0.05) is 6.20 Å². The van der Waals surface area contributed by atoms with Crippen molar-refractivity contribution in [2.75, 3.05) is 18.5 Å². The summed E-state index contributed by atoms with van der Waals surface area (Å²) in [5.41, 5.74) is 1.59. The Morgan fingerprint density at radius 1 is 1.00 bits per heavy atom. The molecule has 31 heavy (non-hydrogen) atoms. The van der Waals surface area contributed by atoms with E-state index in [1.807, 2.05) is 41.8 Å². The molecular formula is C21H22N4O4S2. The average molecular weight is 459 g/mol. The number of thiophene rings is 1. The monoisotopic (exact) mass is 458 g/mol. The number of sulfonamides is 1. The first-order valence-corrected chi connectivity index (χ1v) is 12.5. The summed E-state index contributed by atoms with van der Waals surface area (Å²) in [5, 5.41) is 5.30. The van der Waals surface area contributed by atoms with E-state index in [0.29, 0.717) is 12.6 Å². The Hall–Kier alpha value is -2.37. The number of nitrogens with zero attached hydrogens (tertiary/aromatic N) is 2. The van der Waals surface area contributed by atoms with Crippen LogP contribution in [0.15, 0.2) is 60.1 Å². The zero-order valence-electron chi connectivity index (χ0n) is 16.5. The van der Waals surface area contributed by atoms with Crippen molar-refractivity contribution in [1.82, 2.24) is 14.7 Å². The van der Waals surface area contributed by atoms with Crippen molar-refractivity contribution < 1.29 is 17.9 Å². The molecule has 4 atom stereocenters. The summed E-state index contributed by atoms with van der Waals surface area (Å²) < 4.78 is 39.8. The third-order valence-electron chi connectivity index (χ3n) is 5.33. The molecule has 2 aliphatic heterocycles. The van der Waals surface area contributed by atoms with Crippen LogP contribution in [0, 0.1) is 0 Å². The van der Waals surface area contributed by atoms with Crippen LogP contribution in [0.5, 0.6) is 0 Å². The van der Waals surface area contributed by atoms with Gasteiger partial charge in [-0.2, -0.15) is 0 Å². The fourth-order valence-electron chi connectivity index (χ4n) is 3.95. The van der Waals surface area contributed by atoms with Crippen molar-refractivity contribution >= 4 is 27.3 Å². The maximum Gasteiger partial charge on any atom is 0.223 e. The Morgan fingerprint density at radius 3 is 2.55 bits per heavy atom. The molecular weight excluding hydrogens is 436 g/mol. The minimum atomic E-state index is -3.52. The molecule has 4 heterocycles. The Bertz CT molecular complexity index is 1130. The zero-order chi connectivity index (χ0) is 21.3. The fourth-order valence-corrected chi connectivity index (χ4v) is 6.02. The maximum absolute atomic E-state index is 12.6. The van der Waals surface area contributed by atoms with E-state index in [-0.39, 0.29) is 30.6 Å². The summed E-state index contributed by atoms with van der Waals surface area (Å²) in [4.78, 5) is 9.96. The van der Waals surface area contributed by atoms with E-state index >= 15 is 0 Å². The molecule has 0 amide bonds. The normalized spacial score (nSPS) is 25.4. The van der Waals surface area contributed by atoms with E-state index < -0.39 is 16.1 Å². The molecule has 10 heteroatoms. The predicted octanol–water partition coefficient (Wildman–Crippen LogP) is 2.27. The highest BCUT2D eigenvalue weighted by atomic mass is 32.2. The summed E-state index contributed by atoms with van der Waals surface area (Å²) in [6.45, 7) is 0.649. The van der Waals surface area contributed by atoms with E-state index in [1.54, 1.807) is 29.7 Å². The first kappa shape index (κ1) is 20.5. The van der Waals surface area contributed by atoms with Gasteiger partial charge in [0.15, 0.2) is 0 Å². The summed E-state index contributed by atoms with van der Waals surface area (Å²) in [5.74, 6) is 0.420. The number of benzene rings is 1. The van der Waals surface area contributed by atoms with E-state index in [2.05, 4.69) is 20.0 Å². The summed E-state index contributed by atoms with van der Waals surface area (Å²) in [6.07, 6.45) is 1.08. The van der Waals surface area contributed by atoms with Crippen LogP contribution < -0.4 is 10.0 Å². The van der Waals surface area contributed by atoms with Crippen LogP contribution in [-0.2, 0) is 25.2 Å². The lowest BCUT2D eigenvalue weighted by Gasteiger charge is -2.18. The highest BCUT2D eigenvalue weighted by molar-refractivity contribution is 7.88. The van der Waals surface area contributed by atoms with Crippen LogP contribution in [0.4, 0.5) is 5.95 Å². The lowest BCUT2D eigenvalue weighted by Crippen LogP contribution is -2.45. The Labute approximate surface area is 184 Å². The minimum Gasteiger partial charge on any atom is -0.371 e. The minimum absolute atomic E-state index is 0.0766. The van der Waals surface area contributed by atoms with Gasteiger partial charge in [-0.1, -0.05) is 36.4 Å². The molecule has 0 saturated carbocycles. The van der Waals surface area contributed by atoms with Gasteiger partial charge in [-0.15, -0.1) is 11.3 Å². The number of hydrogen-bond donors (Lipinski definition) is 2. The molecule has 2 fully saturated rings. The number of hydrogen-bond acceptors (Lipinski definition) is 8. The average Bonchev–Trinajstić information content (AvgIpc) is 3.49. The molecule has 2 aliphatic rings. The van der Waals surface area contributed by atoms with Gasteiger partial charge in [0.25, 0.3) is 0 Å². The third kappa shape index (κ3) is 4.63. The molecule has 3 aromatic rings. The number of ether oxygens (including phenoxy) is 2. The lowest BCUT2D eigenvalue weighted by atomic mass is 10.1. The van der Waals surface area contributed by atoms with Crippen molar-refractivity contribution in [1.29, 1.82) is 0 Å². The molecule has 5 rings (SSSR count). The molecule has 2 saturated heterocycles. The second-order valence-corrected chi connectivity index (χ2v) is 10.3. The number of nitrogens with one attached hydrogen (secondary N) is 2. The molecule has 0 aliphatic carbocycles. The van der Waals surface area contributed by atoms with Crippen molar-refractivity contribution in [3.8, 4) is 10.6 Å². The highest BCUT2D eigenvalue weighted by Gasteiger charge is 2.49. The number of fused-ring (bicyclic) bond motifs is 1. The molecule has 0 bridgehead atoms. The summed E-state index contributed by atoms with van der Waals surface area (Å²) >= 11 is 1.62. The van der Waals surface area contributed by atoms with Crippen molar-refractivity contribution in [2.45, 2.75) is 30.0 Å². The van der Waals surface area contributed by atoms with Crippen LogP contribution >= 0.6 is 11.3 Å². The van der Waals surface area contributed by atoms with Crippen molar-refractivity contribution in [3.05, 3.63) is 65.7 Å². The van der Waals surface area contributed by atoms with Crippen LogP contribution in [0.25, 0.3) is 10.6 Å². The Kier molecular flexibility index (Phi) is 5.72. The van der Waals surface area contributed by atoms with Crippen molar-refractivity contribution in [2.24, 2.45) is 0 Å². The molecule has 2 aromatic heterocycles. The van der Waals surface area contributed by atoms with E-state index in [1.165, 1.54) is 0 Å². The topological polar surface area (TPSA) is 102 Å². The first-order valence-electron chi connectivity index (χ1n) is 9.98. The molecule has 2 N–H and O–H groups in total. The quantitative estimate of drug-likeness (QED) is 0.560. The molecule has 0 spiro atoms. The van der Waals surface area contributed by atoms with Gasteiger partial charge in [-0.3, -0.25) is 0 Å². The van der Waals surface area contributed by atoms with Crippen LogP contribution in [0.2, 0.25) is 0 Å². The van der Waals surface area contributed by atoms with E-state index in [9.17, 15) is 8.42 Å². The lowest BCUT2D eigenvalue weighted by molar-refractivity contribution is 0.0690. The van der Waals surface area contributed by atoms with Gasteiger partial charge < -0.3 is 14.8 Å². The SMILES string of the molecule is O=S(=O)(Cc1ccccc1)N[C@H]1CO[C@H]2[C@@H]1OC[C@@H]2Nc1nccc(-c2cccs2)n1. The maximum atomic E-state index is 12.6. The van der Waals surface area contributed by atoms with Gasteiger partial charge >= 0.3 is 0 Å². The van der Waals surface area contributed by atoms with Gasteiger partial charge in [-0.25, -0.2) is 23.1 Å². The zero-order valence-corrected chi connectivity index (χ0v) is 18.2. The van der Waals surface area contributed by atoms with Gasteiger partial charge in [0.05, 0.1) is 41.6 Å². The molecule has 1 aromatic carbocycles. The Morgan fingerprint density at radius 2 is 1.77 bits per heavy atom. The van der Waals surface area contributed by atoms with Crippen LogP contribution in [-0.4, -0.2) is 55.9 Å². The smallest absolute Gasteiger partial charge is 0.223 e. The first-order chi connectivity index (χ1) is 15.1. The predicted molar refractivity (Wildman–Crippen MR) is 118 cm³/mol. The highest BCUT2D eigenvalue weighted by Crippen LogP contribution is 2.30. The number of rotatable bonds is 7. The summed E-state index contributed by atoms with van der Waals surface area (Å²) in [6, 6.07) is 14.4. The Balaban J connectivity index is 1.23. The summed E-state index contributed by atoms with van der Waals surface area (Å²) in [7, 11) is -3.52. The third-order valence-corrected chi connectivity index (χ3v) is 7.60. The second-order valence-electron chi connectivity index (χ2n) is 7.56. The molecule has 8 nitrogen and oxygen atoms in total. The van der Waals surface area contributed by atoms with E-state index in [0.717, 1.165) is 16.1 Å². The van der Waals surface area contributed by atoms with Gasteiger partial charge in [0.1, 0.15) is 12.2 Å². The van der Waals surface area contributed by atoms with Gasteiger partial charge in [0.2, 0.25) is 16.0 Å². The van der Waals surface area contributed by atoms with E-state index in [4.69, 9.17) is 9.47 Å². The number of anilines is 1. The largest absolute Gasteiger partial charge is 0.371 e. The van der Waals surface area contributed by atoms with Crippen LogP contribution in [0.3, 0.4) is 0 Å². The van der Waals surface area contributed by atoms with Gasteiger partial charge in [-0.05, 0) is 23.1 Å². The second kappa shape index (κ2) is 8.64. The standard InChI is InChI=1S/C21H22N4O4S2/c26-31(27,13-14-5-2-1-3-6-14)25-17-12-29-19-16(11-28-20(17)19)24-21-22-9-8-15(23-21)18-7-4-10-30-18/h1-10,16-17,19-20,25H,11-13H2,(H,22,23,24)/t16-,17-,19+,20+/m0/s1.